The van der Waals surface area contributed by atoms with Crippen LogP contribution in [0.3, 0.4) is 0 Å². The Balaban J connectivity index is 3.13. The third kappa shape index (κ3) is 5.89. The van der Waals surface area contributed by atoms with Crippen LogP contribution in [0, 0.1) is 5.92 Å². The van der Waals surface area contributed by atoms with E-state index in [4.69, 9.17) is 0 Å². The summed E-state index contributed by atoms with van der Waals surface area (Å²) in [6.07, 6.45) is 0.784. The standard InChI is InChI=1S/C5H12OSi/c1-4(2)3-5(6)7/h4H,3H2,1-2,7H3. The zero-order valence-corrected chi connectivity index (χ0v) is 7.19. The zero-order chi connectivity index (χ0) is 5.86. The van der Waals surface area contributed by atoms with Gasteiger partial charge < -0.3 is 4.79 Å². The highest BCUT2D eigenvalue weighted by atomic mass is 28.1. The molecule has 0 aromatic carbocycles. The van der Waals surface area contributed by atoms with Gasteiger partial charge in [0.25, 0.3) is 0 Å². The molecule has 0 aromatic rings. The third-order valence-electron chi connectivity index (χ3n) is 0.696. The maximum absolute atomic E-state index is 10.3. The van der Waals surface area contributed by atoms with Gasteiger partial charge in [0.2, 0.25) is 0 Å². The molecule has 0 saturated heterocycles. The molecule has 7 heavy (non-hydrogen) atoms. The molecule has 0 atom stereocenters. The van der Waals surface area contributed by atoms with E-state index in [2.05, 4.69) is 13.8 Å². The van der Waals surface area contributed by atoms with Crippen molar-refractivity contribution in [2.24, 2.45) is 5.92 Å². The highest BCUT2D eigenvalue weighted by Gasteiger charge is 1.95. The van der Waals surface area contributed by atoms with Gasteiger partial charge in [-0.2, -0.15) is 0 Å². The molecule has 0 N–H and O–H groups in total. The van der Waals surface area contributed by atoms with Gasteiger partial charge in [0.1, 0.15) is 5.41 Å². The molecule has 42 valence electrons. The fraction of sp³-hybridized carbons (Fsp3) is 0.800. The van der Waals surface area contributed by atoms with Crippen molar-refractivity contribution in [3.8, 4) is 0 Å². The summed E-state index contributed by atoms with van der Waals surface area (Å²) in [6, 6.07) is 0. The Hall–Kier alpha value is -0.113. The highest BCUT2D eigenvalue weighted by molar-refractivity contribution is 6.57. The van der Waals surface area contributed by atoms with Crippen molar-refractivity contribution in [1.29, 1.82) is 0 Å². The average molecular weight is 116 g/mol. The monoisotopic (exact) mass is 116 g/mol. The minimum atomic E-state index is 0.426. The van der Waals surface area contributed by atoms with Crippen molar-refractivity contribution in [2.45, 2.75) is 20.3 Å². The molecular weight excluding hydrogens is 104 g/mol. The summed E-state index contributed by atoms with van der Waals surface area (Å²) in [6.45, 7) is 4.13. The Bertz CT molecular complexity index is 68.5. The molecule has 0 radical (unpaired) electrons. The summed E-state index contributed by atoms with van der Waals surface area (Å²) in [7, 11) is 0.728. The summed E-state index contributed by atoms with van der Waals surface area (Å²) in [5.41, 5.74) is 0. The van der Waals surface area contributed by atoms with Crippen molar-refractivity contribution in [3.05, 3.63) is 0 Å². The predicted octanol–water partition coefficient (Wildman–Crippen LogP) is -0.0755. The van der Waals surface area contributed by atoms with E-state index in [1.807, 2.05) is 0 Å². The van der Waals surface area contributed by atoms with Gasteiger partial charge in [0.05, 0.1) is 10.2 Å². The van der Waals surface area contributed by atoms with E-state index < -0.39 is 0 Å². The van der Waals surface area contributed by atoms with Crippen LogP contribution in [0.15, 0.2) is 0 Å². The van der Waals surface area contributed by atoms with Gasteiger partial charge in [-0.1, -0.05) is 13.8 Å². The maximum Gasteiger partial charge on any atom is 0.101 e. The lowest BCUT2D eigenvalue weighted by molar-refractivity contribution is -0.112. The Morgan fingerprint density at radius 3 is 2.14 bits per heavy atom. The smallest absolute Gasteiger partial charge is 0.101 e. The molecule has 0 heterocycles. The topological polar surface area (TPSA) is 17.1 Å². The SMILES string of the molecule is CC(C)CC(=O)[SiH3]. The second kappa shape index (κ2) is 2.96. The predicted molar refractivity (Wildman–Crippen MR) is 34.4 cm³/mol. The lowest BCUT2D eigenvalue weighted by atomic mass is 10.2. The minimum Gasteiger partial charge on any atom is -0.307 e. The van der Waals surface area contributed by atoms with Crippen LogP contribution in [0.1, 0.15) is 20.3 Å². The van der Waals surface area contributed by atoms with Gasteiger partial charge in [-0.25, -0.2) is 0 Å². The normalized spacial score (nSPS) is 10.1. The van der Waals surface area contributed by atoms with Crippen LogP contribution >= 0.6 is 0 Å². The number of hydrogen-bond donors (Lipinski definition) is 0. The lowest BCUT2D eigenvalue weighted by Crippen LogP contribution is -2.00. The van der Waals surface area contributed by atoms with Crippen molar-refractivity contribution < 1.29 is 4.79 Å². The fourth-order valence-corrected chi connectivity index (χ4v) is 1.39. The summed E-state index contributed by atoms with van der Waals surface area (Å²) in [5, 5.41) is 0.426. The second-order valence-electron chi connectivity index (χ2n) is 2.30. The Kier molecular flexibility index (Phi) is 2.92. The summed E-state index contributed by atoms with van der Waals surface area (Å²) < 4.78 is 0. The molecular formula is C5H12OSi. The van der Waals surface area contributed by atoms with Gasteiger partial charge in [0.15, 0.2) is 0 Å². The molecule has 2 heteroatoms. The van der Waals surface area contributed by atoms with E-state index in [0.29, 0.717) is 11.3 Å². The first-order chi connectivity index (χ1) is 3.13. The summed E-state index contributed by atoms with van der Waals surface area (Å²) in [4.78, 5) is 10.3. The molecule has 0 aliphatic rings. The Morgan fingerprint density at radius 1 is 1.71 bits per heavy atom. The van der Waals surface area contributed by atoms with E-state index in [1.165, 1.54) is 0 Å². The average Bonchev–Trinajstić information content (AvgIpc) is 1.27. The zero-order valence-electron chi connectivity index (χ0n) is 5.19. The third-order valence-corrected chi connectivity index (χ3v) is 1.10. The fourth-order valence-electron chi connectivity index (χ4n) is 0.575. The molecule has 0 rings (SSSR count). The van der Waals surface area contributed by atoms with Gasteiger partial charge in [-0.15, -0.1) is 0 Å². The van der Waals surface area contributed by atoms with Crippen LogP contribution in [0.5, 0.6) is 0 Å². The van der Waals surface area contributed by atoms with E-state index in [9.17, 15) is 4.79 Å². The molecule has 0 spiro atoms. The van der Waals surface area contributed by atoms with Crippen molar-refractivity contribution in [2.75, 3.05) is 0 Å². The summed E-state index contributed by atoms with van der Waals surface area (Å²) >= 11 is 0. The lowest BCUT2D eigenvalue weighted by Gasteiger charge is -1.95. The molecule has 0 fully saturated rings. The van der Waals surface area contributed by atoms with Crippen LogP contribution in [0.25, 0.3) is 0 Å². The van der Waals surface area contributed by atoms with Gasteiger partial charge in [-0.3, -0.25) is 0 Å². The first-order valence-corrected chi connectivity index (χ1v) is 3.62. The molecule has 0 aromatic heterocycles. The number of hydrogen-bond acceptors (Lipinski definition) is 1. The van der Waals surface area contributed by atoms with Crippen LogP contribution in [0.2, 0.25) is 0 Å². The summed E-state index contributed by atoms with van der Waals surface area (Å²) in [5.74, 6) is 0.560. The van der Waals surface area contributed by atoms with Crippen molar-refractivity contribution >= 4 is 15.6 Å². The molecule has 0 aliphatic heterocycles. The maximum atomic E-state index is 10.3. The minimum absolute atomic E-state index is 0.426. The molecule has 1 nitrogen and oxygen atoms in total. The largest absolute Gasteiger partial charge is 0.307 e. The molecule has 0 amide bonds. The highest BCUT2D eigenvalue weighted by Crippen LogP contribution is 1.96. The molecule has 0 aliphatic carbocycles. The molecule has 0 saturated carbocycles. The second-order valence-corrected chi connectivity index (χ2v) is 3.42. The number of rotatable bonds is 2. The van der Waals surface area contributed by atoms with Crippen LogP contribution in [-0.4, -0.2) is 15.6 Å². The Labute approximate surface area is 47.5 Å². The van der Waals surface area contributed by atoms with Crippen LogP contribution in [0.4, 0.5) is 0 Å². The van der Waals surface area contributed by atoms with E-state index in [1.54, 1.807) is 0 Å². The first kappa shape index (κ1) is 6.89. The van der Waals surface area contributed by atoms with Crippen LogP contribution in [-0.2, 0) is 4.79 Å². The van der Waals surface area contributed by atoms with Crippen molar-refractivity contribution in [1.82, 2.24) is 0 Å². The van der Waals surface area contributed by atoms with E-state index >= 15 is 0 Å². The van der Waals surface area contributed by atoms with Crippen molar-refractivity contribution in [3.63, 3.8) is 0 Å². The number of carbonyl (C=O) groups excluding carboxylic acids is 1. The van der Waals surface area contributed by atoms with Crippen LogP contribution < -0.4 is 0 Å². The molecule has 0 bridgehead atoms. The quantitative estimate of drug-likeness (QED) is 0.461. The van der Waals surface area contributed by atoms with Gasteiger partial charge in [-0.05, 0) is 5.92 Å². The van der Waals surface area contributed by atoms with Gasteiger partial charge in [0, 0.05) is 6.42 Å². The Morgan fingerprint density at radius 2 is 2.14 bits per heavy atom. The first-order valence-electron chi connectivity index (χ1n) is 2.62. The van der Waals surface area contributed by atoms with E-state index in [-0.39, 0.29) is 0 Å². The molecule has 0 unspecified atom stereocenters. The number of carbonyl (C=O) groups is 1. The van der Waals surface area contributed by atoms with Gasteiger partial charge >= 0.3 is 0 Å². The van der Waals surface area contributed by atoms with E-state index in [0.717, 1.165) is 16.7 Å².